The molecular weight excluding hydrogens is 1010 g/mol. The van der Waals surface area contributed by atoms with Gasteiger partial charge in [-0.05, 0) is 78.6 Å². The van der Waals surface area contributed by atoms with Crippen molar-refractivity contribution in [3.05, 3.63) is 163 Å². The molecule has 1 atom stereocenters. The first-order valence-electron chi connectivity index (χ1n) is 19.4. The first-order chi connectivity index (χ1) is 32.5. The van der Waals surface area contributed by atoms with E-state index in [4.69, 9.17) is 45.2 Å². The van der Waals surface area contributed by atoms with Gasteiger partial charge in [0.15, 0.2) is 26.6 Å². The third-order valence-corrected chi connectivity index (χ3v) is 11.8. The van der Waals surface area contributed by atoms with Gasteiger partial charge in [-0.3, -0.25) is 19.2 Å². The number of aromatic carboxylic acids is 3. The van der Waals surface area contributed by atoms with E-state index in [2.05, 4.69) is 21.2 Å². The molecule has 20 nitrogen and oxygen atoms in total. The van der Waals surface area contributed by atoms with Gasteiger partial charge in [-0.2, -0.15) is 0 Å². The number of amides is 1. The minimum atomic E-state index is -3.74. The number of fused-ring (bicyclic) bond motifs is 1. The van der Waals surface area contributed by atoms with E-state index in [9.17, 15) is 46.8 Å². The molecular formula is C46H42BrNO19S2. The molecule has 0 aliphatic carbocycles. The summed E-state index contributed by atoms with van der Waals surface area (Å²) in [5, 5.41) is 61.3. The lowest BCUT2D eigenvalue weighted by atomic mass is 10.1. The van der Waals surface area contributed by atoms with Crippen LogP contribution in [0.15, 0.2) is 131 Å². The SMILES string of the molecule is CC(C(=O)O)S(=O)(=O)/C=C\c1ccccc1.O=C(O)/C=C\C(=O)Nc1ccccc1C(=O)O.O=C(O)CCc1ccc2c(c1)OCO2.O=C(O)Cc1ccccc1Br.O=C(O)c1ccc(C(=O)O)s1. The maximum absolute atomic E-state index is 11.5. The molecule has 0 saturated heterocycles. The number of ether oxygens (including phenoxy) is 2. The fourth-order valence-electron chi connectivity index (χ4n) is 4.82. The summed E-state index contributed by atoms with van der Waals surface area (Å²) in [4.78, 5) is 84.0. The number of benzene rings is 4. The third kappa shape index (κ3) is 21.8. The number of thiophene rings is 1. The lowest BCUT2D eigenvalue weighted by Crippen LogP contribution is -2.24. The standard InChI is InChI=1S/C11H9NO5.C11H12O4S.C10H10O4.C8H7BrO2.C6H4O4S/c13-9(5-6-10(14)15)12-8-4-2-1-3-7(8)11(16)17;1-9(11(12)13)16(14,15)8-7-10-5-3-2-4-6-10;11-10(12)4-2-7-1-3-8-9(5-7)14-6-13-8;9-7-4-2-1-3-6(7)5-8(10)11;7-5(8)3-1-2-4(11-3)6(9)10/h1-6H,(H,12,13)(H,14,15)(H,16,17);2-9H,1H3,(H,12,13);1,3,5H,2,4,6H2,(H,11,12);1-4H,5H2,(H,10,11);1-2H,(H,7,8)(H,9,10)/b6-5-;8-7-;;;. The van der Waals surface area contributed by atoms with Crippen molar-refractivity contribution in [2.24, 2.45) is 0 Å². The van der Waals surface area contributed by atoms with Crippen LogP contribution in [-0.4, -0.2) is 104 Å². The van der Waals surface area contributed by atoms with Gasteiger partial charge in [0.25, 0.3) is 0 Å². The van der Waals surface area contributed by atoms with Gasteiger partial charge < -0.3 is 50.5 Å². The zero-order valence-electron chi connectivity index (χ0n) is 35.8. The Balaban J connectivity index is 0.000000299. The molecule has 1 amide bonds. The Kier molecular flexibility index (Phi) is 23.8. The van der Waals surface area contributed by atoms with Crippen molar-refractivity contribution >= 4 is 96.6 Å². The van der Waals surface area contributed by atoms with Gasteiger partial charge in [0.1, 0.15) is 9.75 Å². The van der Waals surface area contributed by atoms with E-state index in [-0.39, 0.29) is 40.6 Å². The number of para-hydroxylation sites is 1. The number of carboxylic acids is 7. The Morgan fingerprint density at radius 3 is 1.81 bits per heavy atom. The van der Waals surface area contributed by atoms with Crippen molar-refractivity contribution < 1.29 is 92.0 Å². The maximum Gasteiger partial charge on any atom is 0.345 e. The summed E-state index contributed by atoms with van der Waals surface area (Å²) in [5.41, 5.74) is 2.52. The highest BCUT2D eigenvalue weighted by molar-refractivity contribution is 9.10. The van der Waals surface area contributed by atoms with Crippen molar-refractivity contribution in [2.45, 2.75) is 31.4 Å². The number of halogens is 1. The molecule has 4 aromatic carbocycles. The van der Waals surface area contributed by atoms with Crippen LogP contribution in [0, 0.1) is 0 Å². The molecule has 0 bridgehead atoms. The zero-order valence-corrected chi connectivity index (χ0v) is 39.1. The van der Waals surface area contributed by atoms with Crippen LogP contribution >= 0.6 is 27.3 Å². The predicted molar refractivity (Wildman–Crippen MR) is 253 cm³/mol. The zero-order chi connectivity index (χ0) is 51.7. The summed E-state index contributed by atoms with van der Waals surface area (Å²) in [5.74, 6) is -6.85. The molecule has 23 heteroatoms. The fraction of sp³-hybridized carbons (Fsp3) is 0.130. The van der Waals surface area contributed by atoms with Gasteiger partial charge in [0.2, 0.25) is 12.7 Å². The average molecular weight is 1060 g/mol. The smallest absolute Gasteiger partial charge is 0.345 e. The number of hydrogen-bond acceptors (Lipinski definition) is 13. The number of anilines is 1. The number of aryl methyl sites for hydroxylation is 1. The van der Waals surface area contributed by atoms with Gasteiger partial charge in [-0.25, -0.2) is 27.6 Å². The third-order valence-electron chi connectivity index (χ3n) is 8.27. The van der Waals surface area contributed by atoms with Crippen molar-refractivity contribution in [1.29, 1.82) is 0 Å². The second-order valence-electron chi connectivity index (χ2n) is 13.3. The number of hydrogen-bond donors (Lipinski definition) is 8. The Bertz CT molecular complexity index is 2760. The summed E-state index contributed by atoms with van der Waals surface area (Å²) in [6.07, 6.45) is 3.58. The molecule has 69 heavy (non-hydrogen) atoms. The van der Waals surface area contributed by atoms with E-state index >= 15 is 0 Å². The fourth-order valence-corrected chi connectivity index (χ4v) is 6.79. The first kappa shape index (κ1) is 57.0. The summed E-state index contributed by atoms with van der Waals surface area (Å²) in [7, 11) is -3.74. The molecule has 6 rings (SSSR count). The minimum Gasteiger partial charge on any atom is -0.481 e. The van der Waals surface area contributed by atoms with Crippen LogP contribution in [0.5, 0.6) is 11.5 Å². The molecule has 2 heterocycles. The number of nitrogens with one attached hydrogen (secondary N) is 1. The number of rotatable bonds is 15. The minimum absolute atomic E-state index is 0.0439. The second-order valence-corrected chi connectivity index (χ2v) is 17.4. The monoisotopic (exact) mass is 1060 g/mol. The van der Waals surface area contributed by atoms with Gasteiger partial charge in [-0.1, -0.05) is 82.7 Å². The highest BCUT2D eigenvalue weighted by atomic mass is 79.9. The molecule has 1 aliphatic rings. The molecule has 8 N–H and O–H groups in total. The Labute approximate surface area is 405 Å². The van der Waals surface area contributed by atoms with Crippen LogP contribution in [0.3, 0.4) is 0 Å². The summed E-state index contributed by atoms with van der Waals surface area (Å²) >= 11 is 4.01. The van der Waals surface area contributed by atoms with E-state index in [0.717, 1.165) is 51.1 Å². The van der Waals surface area contributed by atoms with Crippen molar-refractivity contribution in [1.82, 2.24) is 0 Å². The van der Waals surface area contributed by atoms with Crippen LogP contribution in [0.25, 0.3) is 6.08 Å². The Morgan fingerprint density at radius 2 is 1.28 bits per heavy atom. The van der Waals surface area contributed by atoms with Crippen LogP contribution < -0.4 is 14.8 Å². The Hall–Kier alpha value is -8.15. The molecule has 5 aromatic rings. The lowest BCUT2D eigenvalue weighted by Gasteiger charge is -2.05. The topological polar surface area (TPSA) is 343 Å². The van der Waals surface area contributed by atoms with Gasteiger partial charge in [0, 0.05) is 28.5 Å². The number of sulfone groups is 1. The molecule has 1 aromatic heterocycles. The summed E-state index contributed by atoms with van der Waals surface area (Å²) in [6, 6.07) is 30.0. The first-order valence-corrected chi connectivity index (χ1v) is 22.6. The predicted octanol–water partition coefficient (Wildman–Crippen LogP) is 7.16. The molecule has 0 saturated carbocycles. The van der Waals surface area contributed by atoms with Crippen LogP contribution in [0.4, 0.5) is 5.69 Å². The molecule has 0 radical (unpaired) electrons. The number of carbonyl (C=O) groups excluding carboxylic acids is 1. The van der Waals surface area contributed by atoms with Crippen LogP contribution in [-0.2, 0) is 46.7 Å². The van der Waals surface area contributed by atoms with E-state index in [1.54, 1.807) is 42.5 Å². The number of aliphatic carboxylic acids is 4. The van der Waals surface area contributed by atoms with Crippen molar-refractivity contribution in [3.63, 3.8) is 0 Å². The van der Waals surface area contributed by atoms with Gasteiger partial charge in [0.05, 0.1) is 17.7 Å². The maximum atomic E-state index is 11.5. The molecule has 0 fully saturated rings. The normalized spacial score (nSPS) is 11.3. The molecule has 1 unspecified atom stereocenters. The van der Waals surface area contributed by atoms with Gasteiger partial charge in [-0.15, -0.1) is 11.3 Å². The van der Waals surface area contributed by atoms with E-state index in [0.29, 0.717) is 23.8 Å². The highest BCUT2D eigenvalue weighted by Crippen LogP contribution is 2.32. The lowest BCUT2D eigenvalue weighted by molar-refractivity contribution is -0.137. The van der Waals surface area contributed by atoms with Crippen LogP contribution in [0.1, 0.15) is 59.7 Å². The van der Waals surface area contributed by atoms with E-state index < -0.39 is 62.8 Å². The highest BCUT2D eigenvalue weighted by Gasteiger charge is 2.24. The molecule has 364 valence electrons. The largest absolute Gasteiger partial charge is 0.481 e. The molecule has 1 aliphatic heterocycles. The Morgan fingerprint density at radius 1 is 0.696 bits per heavy atom. The van der Waals surface area contributed by atoms with E-state index in [1.165, 1.54) is 36.4 Å². The summed E-state index contributed by atoms with van der Waals surface area (Å²) in [6.45, 7) is 1.39. The van der Waals surface area contributed by atoms with Gasteiger partial charge >= 0.3 is 41.8 Å². The van der Waals surface area contributed by atoms with Crippen LogP contribution in [0.2, 0.25) is 0 Å². The average Bonchev–Trinajstić information content (AvgIpc) is 4.00. The second kappa shape index (κ2) is 28.8. The summed E-state index contributed by atoms with van der Waals surface area (Å²) < 4.78 is 34.1. The molecule has 0 spiro atoms. The number of carbonyl (C=O) groups is 8. The quantitative estimate of drug-likeness (QED) is 0.0482. The van der Waals surface area contributed by atoms with Crippen molar-refractivity contribution in [3.8, 4) is 11.5 Å². The number of carboxylic acid groups (broad SMARTS) is 7. The van der Waals surface area contributed by atoms with Crippen molar-refractivity contribution in [2.75, 3.05) is 12.1 Å². The van der Waals surface area contributed by atoms with E-state index in [1.807, 2.05) is 36.4 Å².